The van der Waals surface area contributed by atoms with Gasteiger partial charge in [0, 0.05) is 25.7 Å². The monoisotopic (exact) mass is 653 g/mol. The summed E-state index contributed by atoms with van der Waals surface area (Å²) >= 11 is 0. The number of carboxylic acid groups (broad SMARTS) is 2. The van der Waals surface area contributed by atoms with Crippen LogP contribution in [0, 0.1) is 0 Å². The molecule has 1 aromatic carbocycles. The lowest BCUT2D eigenvalue weighted by molar-refractivity contribution is -0.193. The van der Waals surface area contributed by atoms with E-state index in [2.05, 4.69) is 9.88 Å². The van der Waals surface area contributed by atoms with Crippen molar-refractivity contribution in [2.75, 3.05) is 19.6 Å². The minimum atomic E-state index is -5.08. The van der Waals surface area contributed by atoms with Gasteiger partial charge in [-0.15, -0.1) is 0 Å². The van der Waals surface area contributed by atoms with Gasteiger partial charge in [-0.05, 0) is 36.4 Å². The van der Waals surface area contributed by atoms with E-state index in [1.165, 1.54) is 4.31 Å². The summed E-state index contributed by atoms with van der Waals surface area (Å²) in [4.78, 5) is 24.6. The zero-order valence-corrected chi connectivity index (χ0v) is 23.3. The van der Waals surface area contributed by atoms with Gasteiger partial charge in [0.05, 0.1) is 31.6 Å². The molecule has 0 amide bonds. The molecule has 1 atom stereocenters. The zero-order valence-electron chi connectivity index (χ0n) is 22.5. The summed E-state index contributed by atoms with van der Waals surface area (Å²) in [6, 6.07) is 16.3. The highest BCUT2D eigenvalue weighted by molar-refractivity contribution is 7.89. The number of ether oxygens (including phenoxy) is 1. The fourth-order valence-electron chi connectivity index (χ4n) is 4.27. The van der Waals surface area contributed by atoms with Crippen molar-refractivity contribution >= 4 is 22.0 Å². The summed E-state index contributed by atoms with van der Waals surface area (Å²) < 4.78 is 104. The van der Waals surface area contributed by atoms with E-state index in [0.29, 0.717) is 24.5 Å². The van der Waals surface area contributed by atoms with Gasteiger partial charge in [0.1, 0.15) is 22.0 Å². The van der Waals surface area contributed by atoms with Gasteiger partial charge in [-0.2, -0.15) is 30.6 Å². The molecule has 0 saturated carbocycles. The summed E-state index contributed by atoms with van der Waals surface area (Å²) in [5.74, 6) is -4.21. The number of carboxylic acids is 2. The zero-order chi connectivity index (χ0) is 32.8. The number of rotatable bonds is 4. The first-order valence-corrected chi connectivity index (χ1v) is 13.9. The van der Waals surface area contributed by atoms with E-state index in [1.807, 2.05) is 36.4 Å². The van der Waals surface area contributed by atoms with Gasteiger partial charge in [-0.3, -0.25) is 9.88 Å². The number of alkyl halides is 6. The lowest BCUT2D eigenvalue weighted by Gasteiger charge is -2.32. The Hall–Kier alpha value is -4.16. The van der Waals surface area contributed by atoms with Gasteiger partial charge in [-0.25, -0.2) is 18.0 Å². The molecule has 5 rings (SSSR count). The van der Waals surface area contributed by atoms with E-state index < -0.39 is 39.9 Å². The SMILES string of the molecule is O=C(O)C(F)(F)F.O=C(O)C(F)(F)F.O=S1(=O)c2ccccc2OC2(CCN(Cc3ccco3)C2)CN1Cc1ccccn1. The van der Waals surface area contributed by atoms with E-state index in [0.717, 1.165) is 18.7 Å². The third-order valence-corrected chi connectivity index (χ3v) is 7.99. The third-order valence-electron chi connectivity index (χ3n) is 6.16. The van der Waals surface area contributed by atoms with Crippen LogP contribution in [0.25, 0.3) is 0 Å². The molecule has 44 heavy (non-hydrogen) atoms. The fourth-order valence-corrected chi connectivity index (χ4v) is 5.87. The Kier molecular flexibility index (Phi) is 10.6. The number of pyridine rings is 1. The maximum absolute atomic E-state index is 13.5. The van der Waals surface area contributed by atoms with E-state index >= 15 is 0 Å². The van der Waals surface area contributed by atoms with Gasteiger partial charge in [0.2, 0.25) is 10.0 Å². The van der Waals surface area contributed by atoms with Crippen molar-refractivity contribution in [3.05, 3.63) is 78.5 Å². The standard InChI is InChI=1S/C22H23N3O4S.2C2HF3O2/c26-30(27)21-9-2-1-8-20(21)29-22(17-25(30)14-18-6-3-4-11-23-18)10-12-24(16-22)15-19-7-5-13-28-19;2*3-2(4,5)1(6)7/h1-9,11,13H,10,12,14-17H2;2*(H,6,7). The van der Waals surface area contributed by atoms with Crippen LogP contribution in [-0.4, -0.2) is 82.3 Å². The summed E-state index contributed by atoms with van der Waals surface area (Å²) in [5, 5.41) is 14.2. The number of halogens is 6. The van der Waals surface area contributed by atoms with Crippen molar-refractivity contribution in [3.8, 4) is 5.75 Å². The van der Waals surface area contributed by atoms with E-state index in [9.17, 15) is 34.8 Å². The Morgan fingerprint density at radius 1 is 0.886 bits per heavy atom. The molecule has 2 N–H and O–H groups in total. The average Bonchev–Trinajstić information content (AvgIpc) is 3.57. The molecular weight excluding hydrogens is 628 g/mol. The quantitative estimate of drug-likeness (QED) is 0.393. The van der Waals surface area contributed by atoms with Crippen molar-refractivity contribution in [3.63, 3.8) is 0 Å². The Bertz CT molecular complexity index is 1490. The number of para-hydroxylation sites is 1. The van der Waals surface area contributed by atoms with E-state index in [-0.39, 0.29) is 18.0 Å². The molecule has 1 fully saturated rings. The van der Waals surface area contributed by atoms with E-state index in [4.69, 9.17) is 29.0 Å². The molecule has 1 spiro atoms. The number of aromatic nitrogens is 1. The molecule has 0 radical (unpaired) electrons. The highest BCUT2D eigenvalue weighted by atomic mass is 32.2. The highest BCUT2D eigenvalue weighted by Gasteiger charge is 2.48. The lowest BCUT2D eigenvalue weighted by Crippen LogP contribution is -2.49. The van der Waals surface area contributed by atoms with Crippen LogP contribution < -0.4 is 4.74 Å². The normalized spacial score (nSPS) is 19.8. The van der Waals surface area contributed by atoms with Gasteiger partial charge >= 0.3 is 24.3 Å². The number of aliphatic carboxylic acids is 2. The first-order chi connectivity index (χ1) is 20.4. The summed E-state index contributed by atoms with van der Waals surface area (Å²) in [5.41, 5.74) is 0.0853. The molecule has 2 aliphatic rings. The number of nitrogens with zero attached hydrogens (tertiary/aromatic N) is 3. The van der Waals surface area contributed by atoms with Crippen molar-refractivity contribution < 1.29 is 63.7 Å². The number of benzene rings is 1. The second kappa shape index (κ2) is 13.6. The first kappa shape index (κ1) is 34.3. The van der Waals surface area contributed by atoms with E-state index in [1.54, 1.807) is 30.7 Å². The molecule has 2 aromatic heterocycles. The van der Waals surface area contributed by atoms with Gasteiger partial charge in [0.25, 0.3) is 0 Å². The summed E-state index contributed by atoms with van der Waals surface area (Å²) in [7, 11) is -3.72. The molecule has 2 aliphatic heterocycles. The molecule has 1 saturated heterocycles. The van der Waals surface area contributed by atoms with Crippen LogP contribution in [0.4, 0.5) is 26.3 Å². The molecule has 18 heteroatoms. The minimum Gasteiger partial charge on any atom is -0.483 e. The summed E-state index contributed by atoms with van der Waals surface area (Å²) in [6.07, 6.45) is -6.09. The van der Waals surface area contributed by atoms with Crippen molar-refractivity contribution in [1.82, 2.24) is 14.2 Å². The van der Waals surface area contributed by atoms with Crippen molar-refractivity contribution in [2.24, 2.45) is 0 Å². The number of hydrogen-bond acceptors (Lipinski definition) is 8. The largest absolute Gasteiger partial charge is 0.490 e. The summed E-state index contributed by atoms with van der Waals surface area (Å²) in [6.45, 7) is 2.58. The molecule has 0 bridgehead atoms. The van der Waals surface area contributed by atoms with Crippen molar-refractivity contribution in [2.45, 2.75) is 42.4 Å². The third kappa shape index (κ3) is 9.17. The number of hydrogen-bond donors (Lipinski definition) is 2. The van der Waals surface area contributed by atoms with Gasteiger partial charge < -0.3 is 19.4 Å². The van der Waals surface area contributed by atoms with Crippen LogP contribution in [0.15, 0.2) is 76.4 Å². The maximum atomic E-state index is 13.5. The molecule has 240 valence electrons. The molecule has 11 nitrogen and oxygen atoms in total. The van der Waals surface area contributed by atoms with Gasteiger partial charge in [-0.1, -0.05) is 18.2 Å². The average molecular weight is 654 g/mol. The topological polar surface area (TPSA) is 150 Å². The predicted molar refractivity (Wildman–Crippen MR) is 138 cm³/mol. The number of carbonyl (C=O) groups is 2. The number of furan rings is 1. The van der Waals surface area contributed by atoms with Crippen LogP contribution in [0.1, 0.15) is 17.9 Å². The van der Waals surface area contributed by atoms with Crippen LogP contribution >= 0.6 is 0 Å². The van der Waals surface area contributed by atoms with Crippen LogP contribution in [-0.2, 0) is 32.7 Å². The van der Waals surface area contributed by atoms with Gasteiger partial charge in [0.15, 0.2) is 0 Å². The number of likely N-dealkylation sites (tertiary alicyclic amines) is 1. The maximum Gasteiger partial charge on any atom is 0.490 e. The molecular formula is C26H25F6N3O8S. The number of fused-ring (bicyclic) bond motifs is 1. The van der Waals surface area contributed by atoms with Crippen LogP contribution in [0.5, 0.6) is 5.75 Å². The Morgan fingerprint density at radius 2 is 1.50 bits per heavy atom. The lowest BCUT2D eigenvalue weighted by atomic mass is 10.0. The Balaban J connectivity index is 0.000000317. The van der Waals surface area contributed by atoms with Crippen molar-refractivity contribution in [1.29, 1.82) is 0 Å². The highest BCUT2D eigenvalue weighted by Crippen LogP contribution is 2.39. The Labute approximate surface area is 246 Å². The Morgan fingerprint density at radius 3 is 2.05 bits per heavy atom. The second-order valence-corrected chi connectivity index (χ2v) is 11.4. The first-order valence-electron chi connectivity index (χ1n) is 12.5. The van der Waals surface area contributed by atoms with Crippen LogP contribution in [0.2, 0.25) is 0 Å². The smallest absolute Gasteiger partial charge is 0.483 e. The predicted octanol–water partition coefficient (Wildman–Crippen LogP) is 4.17. The molecule has 4 heterocycles. The molecule has 3 aromatic rings. The fraction of sp³-hybridized carbons (Fsp3) is 0.346. The molecule has 0 aliphatic carbocycles. The van der Waals surface area contributed by atoms with Crippen LogP contribution in [0.3, 0.4) is 0 Å². The second-order valence-electron chi connectivity index (χ2n) is 9.47. The minimum absolute atomic E-state index is 0.209. The molecule has 1 unspecified atom stereocenters. The number of sulfonamides is 1.